The summed E-state index contributed by atoms with van der Waals surface area (Å²) in [6.07, 6.45) is 12.3. The molecule has 0 fully saturated rings. The second kappa shape index (κ2) is 14.2. The predicted molar refractivity (Wildman–Crippen MR) is 91.4 cm³/mol. The summed E-state index contributed by atoms with van der Waals surface area (Å²) in [4.78, 5) is 0.238. The molecule has 0 bridgehead atoms. The van der Waals surface area contributed by atoms with Gasteiger partial charge in [0, 0.05) is 20.4 Å². The molecule has 0 N–H and O–H groups in total. The molecule has 1 aromatic carbocycles. The van der Waals surface area contributed by atoms with E-state index >= 15 is 0 Å². The third-order valence-corrected chi connectivity index (χ3v) is 5.09. The van der Waals surface area contributed by atoms with Crippen LogP contribution in [0.25, 0.3) is 0 Å². The van der Waals surface area contributed by atoms with Gasteiger partial charge in [0.15, 0.2) is 0 Å². The zero-order valence-corrected chi connectivity index (χ0v) is 16.5. The minimum atomic E-state index is -3.57. The van der Waals surface area contributed by atoms with Gasteiger partial charge in [0.25, 0.3) is 10.1 Å². The summed E-state index contributed by atoms with van der Waals surface area (Å²) in [6, 6.07) is 8.33. The first-order chi connectivity index (χ1) is 10.7. The van der Waals surface area contributed by atoms with Crippen molar-refractivity contribution in [3.63, 3.8) is 0 Å². The molecule has 0 aliphatic heterocycles. The Bertz CT molecular complexity index is 474. The number of unbranched alkanes of at least 4 members (excludes halogenated alkanes) is 9. The molecule has 0 aliphatic carbocycles. The molecular weight excluding hydrogens is 403 g/mol. The normalized spacial score (nSPS) is 11.2. The van der Waals surface area contributed by atoms with E-state index in [-0.39, 0.29) is 31.9 Å². The van der Waals surface area contributed by atoms with Crippen molar-refractivity contribution in [2.75, 3.05) is 6.61 Å². The van der Waals surface area contributed by atoms with Crippen LogP contribution in [0.2, 0.25) is 0 Å². The number of benzene rings is 1. The molecule has 0 unspecified atom stereocenters. The third kappa shape index (κ3) is 11.1. The summed E-state index contributed by atoms with van der Waals surface area (Å²) in [7, 11) is -3.57. The first-order valence-corrected chi connectivity index (χ1v) is 10.0. The molecule has 0 atom stereocenters. The molecule has 3 nitrogen and oxygen atoms in total. The van der Waals surface area contributed by atoms with E-state index in [2.05, 4.69) is 6.92 Å². The van der Waals surface area contributed by atoms with Gasteiger partial charge in [-0.2, -0.15) is 8.42 Å². The Morgan fingerprint density at radius 3 is 1.78 bits per heavy atom. The molecule has 0 amide bonds. The van der Waals surface area contributed by atoms with Crippen molar-refractivity contribution < 1.29 is 33.0 Å². The fourth-order valence-corrected chi connectivity index (χ4v) is 3.38. The van der Waals surface area contributed by atoms with E-state index in [1.807, 2.05) is 0 Å². The Labute approximate surface area is 156 Å². The second-order valence-electron chi connectivity index (χ2n) is 5.77. The maximum atomic E-state index is 11.9. The van der Waals surface area contributed by atoms with Gasteiger partial charge in [-0.15, -0.1) is 0 Å². The average Bonchev–Trinajstić information content (AvgIpc) is 2.53. The van der Waals surface area contributed by atoms with Crippen LogP contribution in [0.3, 0.4) is 0 Å². The van der Waals surface area contributed by atoms with Gasteiger partial charge in [-0.05, 0) is 18.6 Å². The summed E-state index contributed by atoms with van der Waals surface area (Å²) in [5.74, 6) is 0. The van der Waals surface area contributed by atoms with Crippen molar-refractivity contribution in [2.45, 2.75) is 76.0 Å². The van der Waals surface area contributed by atoms with Crippen LogP contribution in [-0.4, -0.2) is 15.0 Å². The Morgan fingerprint density at radius 2 is 1.26 bits per heavy atom. The molecule has 5 heteroatoms. The van der Waals surface area contributed by atoms with Gasteiger partial charge in [-0.3, -0.25) is 4.18 Å². The van der Waals surface area contributed by atoms with Crippen molar-refractivity contribution >= 4 is 10.1 Å². The van der Waals surface area contributed by atoms with Crippen LogP contribution in [0.4, 0.5) is 0 Å². The van der Waals surface area contributed by atoms with Gasteiger partial charge in [0.1, 0.15) is 0 Å². The molecule has 136 valence electrons. The molecule has 0 aliphatic rings. The molecule has 23 heavy (non-hydrogen) atoms. The quantitative estimate of drug-likeness (QED) is 0.241. The topological polar surface area (TPSA) is 43.4 Å². The minimum absolute atomic E-state index is 0. The number of hydrogen-bond donors (Lipinski definition) is 0. The molecular formula is C18H30O3PdS. The van der Waals surface area contributed by atoms with Crippen LogP contribution < -0.4 is 0 Å². The number of hydrogen-bond acceptors (Lipinski definition) is 3. The first kappa shape index (κ1) is 22.8. The fraction of sp³-hybridized carbons (Fsp3) is 0.667. The van der Waals surface area contributed by atoms with Crippen molar-refractivity contribution in [3.8, 4) is 0 Å². The Balaban J connectivity index is 0.00000484. The second-order valence-corrected chi connectivity index (χ2v) is 7.39. The maximum absolute atomic E-state index is 11.9. The van der Waals surface area contributed by atoms with E-state index < -0.39 is 10.1 Å². The van der Waals surface area contributed by atoms with E-state index in [0.29, 0.717) is 0 Å². The van der Waals surface area contributed by atoms with Crippen molar-refractivity contribution in [1.82, 2.24) is 0 Å². The third-order valence-electron chi connectivity index (χ3n) is 3.77. The van der Waals surface area contributed by atoms with Crippen LogP contribution in [0.5, 0.6) is 0 Å². The van der Waals surface area contributed by atoms with Crippen molar-refractivity contribution in [3.05, 3.63) is 30.3 Å². The Kier molecular flexibility index (Phi) is 14.0. The molecule has 0 aromatic heterocycles. The van der Waals surface area contributed by atoms with Crippen LogP contribution in [0.15, 0.2) is 35.2 Å². The minimum Gasteiger partial charge on any atom is -0.266 e. The zero-order chi connectivity index (χ0) is 16.1. The van der Waals surface area contributed by atoms with Crippen LogP contribution >= 0.6 is 0 Å². The molecule has 0 saturated carbocycles. The Morgan fingerprint density at radius 1 is 0.783 bits per heavy atom. The predicted octanol–water partition coefficient (Wildman–Crippen LogP) is 5.31. The van der Waals surface area contributed by atoms with E-state index in [0.717, 1.165) is 12.8 Å². The maximum Gasteiger partial charge on any atom is 0.296 e. The van der Waals surface area contributed by atoms with E-state index in [1.165, 1.54) is 51.4 Å². The van der Waals surface area contributed by atoms with E-state index in [9.17, 15) is 8.42 Å². The Hall–Kier alpha value is -0.208. The van der Waals surface area contributed by atoms with E-state index in [1.54, 1.807) is 30.3 Å². The zero-order valence-electron chi connectivity index (χ0n) is 14.1. The summed E-state index contributed by atoms with van der Waals surface area (Å²) >= 11 is 0. The first-order valence-electron chi connectivity index (χ1n) is 8.61. The summed E-state index contributed by atoms with van der Waals surface area (Å²) in [6.45, 7) is 2.52. The standard InChI is InChI=1S/C18H30O3S.Pd/c1-2-3-4-5-6-7-8-9-10-14-17-21-22(19,20)18-15-12-11-13-16-18;/h11-13,15-16H,2-10,14,17H2,1H3;. The monoisotopic (exact) mass is 432 g/mol. The fourth-order valence-electron chi connectivity index (χ4n) is 2.41. The van der Waals surface area contributed by atoms with Gasteiger partial charge in [0.2, 0.25) is 0 Å². The molecule has 0 spiro atoms. The average molecular weight is 433 g/mol. The summed E-state index contributed by atoms with van der Waals surface area (Å²) in [5, 5.41) is 0. The van der Waals surface area contributed by atoms with Gasteiger partial charge >= 0.3 is 0 Å². The van der Waals surface area contributed by atoms with Gasteiger partial charge in [0.05, 0.1) is 11.5 Å². The summed E-state index contributed by atoms with van der Waals surface area (Å²) < 4.78 is 28.8. The molecule has 0 radical (unpaired) electrons. The molecule has 0 heterocycles. The van der Waals surface area contributed by atoms with Gasteiger partial charge in [-0.25, -0.2) is 0 Å². The largest absolute Gasteiger partial charge is 0.296 e. The van der Waals surface area contributed by atoms with E-state index in [4.69, 9.17) is 4.18 Å². The smallest absolute Gasteiger partial charge is 0.266 e. The van der Waals surface area contributed by atoms with Crippen LogP contribution in [0, 0.1) is 0 Å². The molecule has 1 aromatic rings. The van der Waals surface area contributed by atoms with Crippen LogP contribution in [-0.2, 0) is 34.7 Å². The summed E-state index contributed by atoms with van der Waals surface area (Å²) in [5.41, 5.74) is 0. The SMILES string of the molecule is CCCCCCCCCCCCOS(=O)(=O)c1ccccc1.[Pd]. The van der Waals surface area contributed by atoms with Crippen LogP contribution in [0.1, 0.15) is 71.1 Å². The number of rotatable bonds is 13. The molecule has 1 rings (SSSR count). The van der Waals surface area contributed by atoms with Crippen molar-refractivity contribution in [1.29, 1.82) is 0 Å². The van der Waals surface area contributed by atoms with Crippen molar-refractivity contribution in [2.24, 2.45) is 0 Å². The van der Waals surface area contributed by atoms with Gasteiger partial charge in [-0.1, -0.05) is 82.9 Å². The van der Waals surface area contributed by atoms with Gasteiger partial charge < -0.3 is 0 Å². The molecule has 0 saturated heterocycles.